The van der Waals surface area contributed by atoms with Crippen LogP contribution in [-0.2, 0) is 14.3 Å². The van der Waals surface area contributed by atoms with E-state index in [2.05, 4.69) is 0 Å². The van der Waals surface area contributed by atoms with E-state index in [1.54, 1.807) is 55.6 Å². The predicted octanol–water partition coefficient (Wildman–Crippen LogP) is 4.17. The molecule has 0 aromatic heterocycles. The summed E-state index contributed by atoms with van der Waals surface area (Å²) in [5.74, 6) is -0.162. The van der Waals surface area contributed by atoms with E-state index in [9.17, 15) is 24.5 Å². The summed E-state index contributed by atoms with van der Waals surface area (Å²) in [6.07, 6.45) is -0.0331. The Balaban J connectivity index is 1.31. The van der Waals surface area contributed by atoms with Crippen LogP contribution in [0.5, 0.6) is 17.2 Å². The molecule has 0 N–H and O–H groups in total. The Labute approximate surface area is 206 Å². The second-order valence-electron chi connectivity index (χ2n) is 8.01. The second-order valence-corrected chi connectivity index (χ2v) is 8.01. The second kappa shape index (κ2) is 10.7. The molecule has 1 fully saturated rings. The third-order valence-electron chi connectivity index (χ3n) is 5.65. The summed E-state index contributed by atoms with van der Waals surface area (Å²) in [7, 11) is 1.58. The number of amides is 1. The first-order valence-electron chi connectivity index (χ1n) is 11.0. The Morgan fingerprint density at radius 3 is 2.11 bits per heavy atom. The number of carbonyl (C=O) groups is 3. The van der Waals surface area contributed by atoms with Gasteiger partial charge in [0.1, 0.15) is 17.2 Å². The van der Waals surface area contributed by atoms with Crippen LogP contribution in [0.1, 0.15) is 16.8 Å². The highest BCUT2D eigenvalue weighted by molar-refractivity contribution is 6.01. The van der Waals surface area contributed by atoms with Crippen LogP contribution >= 0.6 is 0 Å². The molecule has 1 heterocycles. The third kappa shape index (κ3) is 5.66. The van der Waals surface area contributed by atoms with E-state index in [1.165, 1.54) is 29.2 Å². The Morgan fingerprint density at radius 1 is 0.944 bits per heavy atom. The monoisotopic (exact) mass is 490 g/mol. The summed E-state index contributed by atoms with van der Waals surface area (Å²) in [6.45, 7) is -0.388. The van der Waals surface area contributed by atoms with Crippen LogP contribution in [0.25, 0.3) is 0 Å². The van der Waals surface area contributed by atoms with Gasteiger partial charge in [-0.05, 0) is 60.7 Å². The number of hydrogen-bond donors (Lipinski definition) is 0. The summed E-state index contributed by atoms with van der Waals surface area (Å²) in [6, 6.07) is 19.0. The van der Waals surface area contributed by atoms with E-state index < -0.39 is 29.2 Å². The SMILES string of the molecule is COc1ccc(Oc2ccc(N3C[C@H](C(=O)OCC(=O)c4ccc([N+](=O)[O-])cc4)CC3=O)cc2)cc1. The van der Waals surface area contributed by atoms with E-state index >= 15 is 0 Å². The molecule has 3 aromatic carbocycles. The number of Topliss-reactive ketones (excluding diaryl/α,β-unsaturated/α-hetero) is 1. The van der Waals surface area contributed by atoms with Gasteiger partial charge in [-0.25, -0.2) is 0 Å². The smallest absolute Gasteiger partial charge is 0.311 e. The molecule has 1 saturated heterocycles. The number of benzene rings is 3. The van der Waals surface area contributed by atoms with Crippen molar-refractivity contribution in [3.63, 3.8) is 0 Å². The lowest BCUT2D eigenvalue weighted by Crippen LogP contribution is -2.27. The number of rotatable bonds is 9. The molecule has 10 heteroatoms. The zero-order chi connectivity index (χ0) is 25.7. The maximum atomic E-state index is 12.5. The fourth-order valence-electron chi connectivity index (χ4n) is 3.70. The first-order chi connectivity index (χ1) is 17.3. The molecule has 0 unspecified atom stereocenters. The molecular formula is C26H22N2O8. The van der Waals surface area contributed by atoms with Gasteiger partial charge < -0.3 is 19.1 Å². The number of ether oxygens (including phenoxy) is 3. The van der Waals surface area contributed by atoms with Crippen LogP contribution in [0.2, 0.25) is 0 Å². The summed E-state index contributed by atoms with van der Waals surface area (Å²) >= 11 is 0. The molecule has 3 aromatic rings. The van der Waals surface area contributed by atoms with Crippen LogP contribution in [0, 0.1) is 16.0 Å². The zero-order valence-corrected chi connectivity index (χ0v) is 19.3. The van der Waals surface area contributed by atoms with Gasteiger partial charge in [0.05, 0.1) is 18.0 Å². The van der Waals surface area contributed by atoms with Crippen molar-refractivity contribution < 1.29 is 33.5 Å². The van der Waals surface area contributed by atoms with Crippen LogP contribution in [0.3, 0.4) is 0 Å². The molecule has 0 spiro atoms. The number of hydrogen-bond acceptors (Lipinski definition) is 8. The maximum Gasteiger partial charge on any atom is 0.311 e. The first kappa shape index (κ1) is 24.4. The molecule has 0 saturated carbocycles. The van der Waals surface area contributed by atoms with Gasteiger partial charge in [-0.15, -0.1) is 0 Å². The molecule has 4 rings (SSSR count). The molecule has 184 valence electrons. The summed E-state index contributed by atoms with van der Waals surface area (Å²) < 4.78 is 16.0. The van der Waals surface area contributed by atoms with Crippen molar-refractivity contribution in [1.29, 1.82) is 0 Å². The highest BCUT2D eigenvalue weighted by atomic mass is 16.6. The van der Waals surface area contributed by atoms with Gasteiger partial charge in [-0.3, -0.25) is 24.5 Å². The number of anilines is 1. The van der Waals surface area contributed by atoms with Crippen molar-refractivity contribution in [2.45, 2.75) is 6.42 Å². The van der Waals surface area contributed by atoms with Crippen molar-refractivity contribution in [3.8, 4) is 17.2 Å². The van der Waals surface area contributed by atoms with Crippen molar-refractivity contribution in [1.82, 2.24) is 0 Å². The molecule has 0 bridgehead atoms. The van der Waals surface area contributed by atoms with E-state index in [-0.39, 0.29) is 30.1 Å². The van der Waals surface area contributed by atoms with Gasteiger partial charge in [-0.1, -0.05) is 0 Å². The number of nitro groups is 1. The summed E-state index contributed by atoms with van der Waals surface area (Å²) in [5, 5.41) is 10.7. The summed E-state index contributed by atoms with van der Waals surface area (Å²) in [5.41, 5.74) is 0.655. The van der Waals surface area contributed by atoms with Crippen molar-refractivity contribution >= 4 is 29.0 Å². The normalized spacial score (nSPS) is 14.9. The highest BCUT2D eigenvalue weighted by Crippen LogP contribution is 2.29. The number of non-ortho nitro benzene ring substituents is 1. The topological polar surface area (TPSA) is 125 Å². The maximum absolute atomic E-state index is 12.5. The van der Waals surface area contributed by atoms with Gasteiger partial charge in [0, 0.05) is 36.3 Å². The number of methoxy groups -OCH3 is 1. The first-order valence-corrected chi connectivity index (χ1v) is 11.0. The van der Waals surface area contributed by atoms with Gasteiger partial charge in [0.15, 0.2) is 12.4 Å². The Hall–Kier alpha value is -4.73. The fraction of sp³-hybridized carbons (Fsp3) is 0.192. The number of esters is 1. The van der Waals surface area contributed by atoms with Gasteiger partial charge in [0.25, 0.3) is 5.69 Å². The molecule has 1 atom stereocenters. The Morgan fingerprint density at radius 2 is 1.53 bits per heavy atom. The lowest BCUT2D eigenvalue weighted by atomic mass is 10.1. The van der Waals surface area contributed by atoms with Crippen molar-refractivity contribution in [2.75, 3.05) is 25.2 Å². The van der Waals surface area contributed by atoms with Crippen LogP contribution in [0.4, 0.5) is 11.4 Å². The lowest BCUT2D eigenvalue weighted by molar-refractivity contribution is -0.384. The third-order valence-corrected chi connectivity index (χ3v) is 5.65. The molecule has 1 amide bonds. The molecule has 36 heavy (non-hydrogen) atoms. The molecule has 1 aliphatic rings. The Kier molecular flexibility index (Phi) is 7.24. The lowest BCUT2D eigenvalue weighted by Gasteiger charge is -2.17. The van der Waals surface area contributed by atoms with Crippen LogP contribution < -0.4 is 14.4 Å². The number of ketones is 1. The van der Waals surface area contributed by atoms with Gasteiger partial charge in [0.2, 0.25) is 5.91 Å². The molecule has 10 nitrogen and oxygen atoms in total. The van der Waals surface area contributed by atoms with E-state index in [0.717, 1.165) is 0 Å². The number of nitro benzene ring substituents is 1. The fourth-order valence-corrected chi connectivity index (χ4v) is 3.70. The van der Waals surface area contributed by atoms with E-state index in [4.69, 9.17) is 14.2 Å². The average Bonchev–Trinajstić information content (AvgIpc) is 3.29. The average molecular weight is 490 g/mol. The van der Waals surface area contributed by atoms with Crippen LogP contribution in [-0.4, -0.2) is 42.8 Å². The molecule has 0 radical (unpaired) electrons. The van der Waals surface area contributed by atoms with Gasteiger partial charge >= 0.3 is 5.97 Å². The largest absolute Gasteiger partial charge is 0.497 e. The quantitative estimate of drug-likeness (QED) is 0.189. The predicted molar refractivity (Wildman–Crippen MR) is 128 cm³/mol. The molecule has 0 aliphatic carbocycles. The number of nitrogens with zero attached hydrogens (tertiary/aromatic N) is 2. The summed E-state index contributed by atoms with van der Waals surface area (Å²) in [4.78, 5) is 48.9. The van der Waals surface area contributed by atoms with E-state index in [0.29, 0.717) is 22.9 Å². The molecular weight excluding hydrogens is 468 g/mol. The standard InChI is InChI=1S/C26H22N2O8/c1-34-21-10-12-23(13-11-21)36-22-8-6-19(7-9-22)27-15-18(14-25(27)30)26(31)35-16-24(29)17-2-4-20(5-3-17)28(32)33/h2-13,18H,14-16H2,1H3/t18-/m1/s1. The van der Waals surface area contributed by atoms with Crippen molar-refractivity contribution in [2.24, 2.45) is 5.92 Å². The number of carbonyl (C=O) groups excluding carboxylic acids is 3. The van der Waals surface area contributed by atoms with Crippen LogP contribution in [0.15, 0.2) is 72.8 Å². The molecule has 1 aliphatic heterocycles. The van der Waals surface area contributed by atoms with Gasteiger partial charge in [-0.2, -0.15) is 0 Å². The minimum Gasteiger partial charge on any atom is -0.497 e. The minimum absolute atomic E-state index is 0.0331. The van der Waals surface area contributed by atoms with Crippen molar-refractivity contribution in [3.05, 3.63) is 88.5 Å². The highest BCUT2D eigenvalue weighted by Gasteiger charge is 2.36. The zero-order valence-electron chi connectivity index (χ0n) is 19.3. The van der Waals surface area contributed by atoms with E-state index in [1.807, 2.05) is 0 Å². The minimum atomic E-state index is -0.711. The Bertz CT molecular complexity index is 1270.